The van der Waals surface area contributed by atoms with Gasteiger partial charge in [-0.3, -0.25) is 19.2 Å². The largest absolute Gasteiger partial charge is 0.350 e. The molecule has 5 atom stereocenters. The number of hydrogen-bond donors (Lipinski definition) is 3. The first kappa shape index (κ1) is 30.5. The fourth-order valence-electron chi connectivity index (χ4n) is 7.83. The summed E-state index contributed by atoms with van der Waals surface area (Å²) in [6.07, 6.45) is 4.55. The minimum absolute atomic E-state index is 0.0550. The van der Waals surface area contributed by atoms with Crippen LogP contribution in [0, 0.1) is 29.0 Å². The molecule has 3 aliphatic rings. The minimum Gasteiger partial charge on any atom is -0.350 e. The van der Waals surface area contributed by atoms with Crippen molar-refractivity contribution in [3.05, 3.63) is 65.0 Å². The van der Waals surface area contributed by atoms with Gasteiger partial charge in [0.2, 0.25) is 17.6 Å². The molecule has 3 heterocycles. The second kappa shape index (κ2) is 11.6. The van der Waals surface area contributed by atoms with Crippen molar-refractivity contribution in [3.8, 4) is 0 Å². The summed E-state index contributed by atoms with van der Waals surface area (Å²) in [5.74, 6) is -1.85. The van der Waals surface area contributed by atoms with Crippen molar-refractivity contribution in [1.82, 2.24) is 25.5 Å². The quantitative estimate of drug-likeness (QED) is 0.220. The highest BCUT2D eigenvalue weighted by Crippen LogP contribution is 2.65. The van der Waals surface area contributed by atoms with Gasteiger partial charge >= 0.3 is 0 Å². The van der Waals surface area contributed by atoms with E-state index in [0.29, 0.717) is 22.5 Å². The van der Waals surface area contributed by atoms with Crippen molar-refractivity contribution in [2.75, 3.05) is 6.54 Å². The second-order valence-electron chi connectivity index (χ2n) is 13.7. The minimum atomic E-state index is -0.832. The summed E-state index contributed by atoms with van der Waals surface area (Å²) in [7, 11) is 0. The third-order valence-electron chi connectivity index (χ3n) is 10.5. The van der Waals surface area contributed by atoms with Crippen molar-refractivity contribution in [3.63, 3.8) is 0 Å². The van der Waals surface area contributed by atoms with Crippen LogP contribution in [0.3, 0.4) is 0 Å². The molecule has 0 radical (unpaired) electrons. The van der Waals surface area contributed by atoms with E-state index in [0.717, 1.165) is 42.3 Å². The molecular weight excluding hydrogens is 605 g/mol. The molecule has 240 valence electrons. The van der Waals surface area contributed by atoms with Gasteiger partial charge in [-0.05, 0) is 73.3 Å². The summed E-state index contributed by atoms with van der Waals surface area (Å²) in [5.41, 5.74) is 1.28. The molecule has 3 amide bonds. The van der Waals surface area contributed by atoms with E-state index in [-0.39, 0.29) is 46.5 Å². The Bertz CT molecular complexity index is 1830. The Kier molecular flexibility index (Phi) is 7.70. The number of nitrogens with zero attached hydrogens (tertiary/aromatic N) is 2. The molecule has 0 spiro atoms. The number of ketones is 1. The monoisotopic (exact) mass is 643 g/mol. The predicted octanol–water partition coefficient (Wildman–Crippen LogP) is 5.47. The topological polar surface area (TPSA) is 124 Å². The molecule has 3 fully saturated rings. The molecule has 2 aromatic heterocycles. The van der Waals surface area contributed by atoms with E-state index in [9.17, 15) is 23.6 Å². The van der Waals surface area contributed by atoms with Crippen molar-refractivity contribution in [1.29, 1.82) is 0 Å². The highest BCUT2D eigenvalue weighted by atomic mass is 32.1. The Hall–Kier alpha value is -4.12. The summed E-state index contributed by atoms with van der Waals surface area (Å²) in [6, 6.07) is 11.2. The van der Waals surface area contributed by atoms with Crippen molar-refractivity contribution >= 4 is 56.0 Å². The number of hydrogen-bond acceptors (Lipinski definition) is 6. The summed E-state index contributed by atoms with van der Waals surface area (Å²) in [6.45, 7) is 6.27. The zero-order valence-corrected chi connectivity index (χ0v) is 27.0. The van der Waals surface area contributed by atoms with Crippen LogP contribution in [0.1, 0.15) is 73.2 Å². The Morgan fingerprint density at radius 3 is 2.54 bits per heavy atom. The number of thiazole rings is 1. The molecule has 1 aliphatic heterocycles. The van der Waals surface area contributed by atoms with Gasteiger partial charge in [-0.25, -0.2) is 9.37 Å². The van der Waals surface area contributed by atoms with Crippen molar-refractivity contribution in [2.24, 2.45) is 23.2 Å². The fraction of sp³-hybridized carbons (Fsp3) is 0.457. The van der Waals surface area contributed by atoms with Gasteiger partial charge in [0.05, 0.1) is 16.3 Å². The predicted molar refractivity (Wildman–Crippen MR) is 174 cm³/mol. The Morgan fingerprint density at radius 1 is 1.04 bits per heavy atom. The van der Waals surface area contributed by atoms with E-state index in [1.807, 2.05) is 24.3 Å². The number of aromatic amines is 1. The lowest BCUT2D eigenvalue weighted by Crippen LogP contribution is -2.59. The lowest BCUT2D eigenvalue weighted by molar-refractivity contribution is -0.143. The SMILES string of the molecule is C[C@H](NC(=O)[C@@H]1[C@@H]2C(CN1C(=O)[C@@H](NC(=O)c1cc3c(F)cccc3[nH]1)C1CCCCC1)C2(C)C)C(=O)c1nc2ccccc2s1. The lowest BCUT2D eigenvalue weighted by Gasteiger charge is -2.37. The number of rotatable bonds is 8. The van der Waals surface area contributed by atoms with Gasteiger partial charge in [0.25, 0.3) is 5.91 Å². The van der Waals surface area contributed by atoms with Gasteiger partial charge in [0.15, 0.2) is 5.01 Å². The first-order valence-corrected chi connectivity index (χ1v) is 16.9. The zero-order valence-electron chi connectivity index (χ0n) is 26.1. The first-order valence-electron chi connectivity index (χ1n) is 16.1. The third kappa shape index (κ3) is 5.28. The van der Waals surface area contributed by atoms with Crippen molar-refractivity contribution < 1.29 is 23.6 Å². The molecule has 0 bridgehead atoms. The first-order chi connectivity index (χ1) is 22.0. The number of carbonyl (C=O) groups is 4. The second-order valence-corrected chi connectivity index (χ2v) is 14.7. The van der Waals surface area contributed by atoms with Crippen LogP contribution >= 0.6 is 11.3 Å². The van der Waals surface area contributed by atoms with E-state index in [1.54, 1.807) is 24.0 Å². The van der Waals surface area contributed by atoms with Crippen molar-refractivity contribution in [2.45, 2.75) is 71.0 Å². The Morgan fingerprint density at radius 2 is 1.80 bits per heavy atom. The summed E-state index contributed by atoms with van der Waals surface area (Å²) in [4.78, 5) is 64.4. The molecule has 1 unspecified atom stereocenters. The summed E-state index contributed by atoms with van der Waals surface area (Å²) >= 11 is 1.29. The van der Waals surface area contributed by atoms with Gasteiger partial charge in [-0.2, -0.15) is 0 Å². The number of Topliss-reactive ketones (excluding diaryl/α,β-unsaturated/α-hetero) is 1. The van der Waals surface area contributed by atoms with Gasteiger partial charge in [-0.15, -0.1) is 11.3 Å². The maximum atomic E-state index is 14.5. The molecule has 1 saturated heterocycles. The van der Waals surface area contributed by atoms with E-state index in [1.165, 1.54) is 23.5 Å². The summed E-state index contributed by atoms with van der Waals surface area (Å²) in [5, 5.41) is 6.53. The van der Waals surface area contributed by atoms with Crippen LogP contribution in [-0.2, 0) is 9.59 Å². The average Bonchev–Trinajstić information content (AvgIpc) is 3.59. The number of para-hydroxylation sites is 1. The highest BCUT2D eigenvalue weighted by Gasteiger charge is 2.69. The molecule has 4 aromatic rings. The normalized spacial score (nSPS) is 23.6. The molecule has 2 aliphatic carbocycles. The summed E-state index contributed by atoms with van der Waals surface area (Å²) < 4.78 is 15.3. The number of aromatic nitrogens is 2. The van der Waals surface area contributed by atoms with Crippen LogP contribution in [0.25, 0.3) is 21.1 Å². The van der Waals surface area contributed by atoms with Crippen LogP contribution in [0.2, 0.25) is 0 Å². The third-order valence-corrected chi connectivity index (χ3v) is 11.6. The van der Waals surface area contributed by atoms with Gasteiger partial charge < -0.3 is 20.5 Å². The smallest absolute Gasteiger partial charge is 0.268 e. The Labute approximate surface area is 270 Å². The highest BCUT2D eigenvalue weighted by molar-refractivity contribution is 7.20. The van der Waals surface area contributed by atoms with Crippen LogP contribution < -0.4 is 10.6 Å². The van der Waals surface area contributed by atoms with Gasteiger partial charge in [0, 0.05) is 17.4 Å². The number of fused-ring (bicyclic) bond motifs is 3. The molecule has 3 N–H and O–H groups in total. The number of halogens is 1. The van der Waals surface area contributed by atoms with E-state index in [2.05, 4.69) is 34.4 Å². The molecule has 9 nitrogen and oxygen atoms in total. The maximum Gasteiger partial charge on any atom is 0.268 e. The lowest BCUT2D eigenvalue weighted by atomic mass is 9.83. The number of piperidine rings is 1. The zero-order chi connectivity index (χ0) is 32.3. The number of benzene rings is 2. The number of likely N-dealkylation sites (tertiary alicyclic amines) is 1. The average molecular weight is 644 g/mol. The molecule has 46 heavy (non-hydrogen) atoms. The molecule has 2 saturated carbocycles. The number of carbonyl (C=O) groups excluding carboxylic acids is 4. The number of H-pyrrole nitrogens is 1. The standard InChI is InChI=1S/C35H38FN5O4S/c1-18(30(42)33-39-24-13-7-8-15-26(24)46-33)37-32(44)29-27-21(35(27,2)3)17-41(29)34(45)28(19-10-5-4-6-11-19)40-31(43)25-16-20-22(36)12-9-14-23(20)38-25/h7-9,12-16,18-19,21,27-29,38H,4-6,10-11,17H2,1-3H3,(H,37,44)(H,40,43)/t18-,21?,27-,28-,29-/m0/s1. The van der Waals surface area contributed by atoms with Crippen LogP contribution in [0.15, 0.2) is 48.5 Å². The van der Waals surface area contributed by atoms with E-state index < -0.39 is 29.8 Å². The van der Waals surface area contributed by atoms with Crippen LogP contribution in [0.4, 0.5) is 4.39 Å². The van der Waals surface area contributed by atoms with Crippen LogP contribution in [-0.4, -0.2) is 63.0 Å². The van der Waals surface area contributed by atoms with Gasteiger partial charge in [0.1, 0.15) is 23.6 Å². The van der Waals surface area contributed by atoms with E-state index >= 15 is 0 Å². The molecule has 2 aromatic carbocycles. The molecular formula is C35H38FN5O4S. The fourth-order valence-corrected chi connectivity index (χ4v) is 8.82. The maximum absolute atomic E-state index is 14.5. The number of amides is 3. The van der Waals surface area contributed by atoms with Crippen LogP contribution in [0.5, 0.6) is 0 Å². The molecule has 11 heteroatoms. The molecule has 7 rings (SSSR count). The Balaban J connectivity index is 1.12. The number of nitrogens with one attached hydrogen (secondary N) is 3. The van der Waals surface area contributed by atoms with Gasteiger partial charge in [-0.1, -0.05) is 51.3 Å². The van der Waals surface area contributed by atoms with E-state index in [4.69, 9.17) is 0 Å².